The Morgan fingerprint density at radius 1 is 1.15 bits per heavy atom. The highest BCUT2D eigenvalue weighted by molar-refractivity contribution is 8.76. The maximum Gasteiger partial charge on any atom is 0.222 e. The fourth-order valence-electron chi connectivity index (χ4n) is 4.05. The summed E-state index contributed by atoms with van der Waals surface area (Å²) in [6, 6.07) is -0.318. The molecule has 2 bridgehead atoms. The van der Waals surface area contributed by atoms with Crippen molar-refractivity contribution >= 4 is 54.8 Å². The van der Waals surface area contributed by atoms with E-state index in [1.807, 2.05) is 38.3 Å². The van der Waals surface area contributed by atoms with Gasteiger partial charge in [0.2, 0.25) is 11.0 Å². The van der Waals surface area contributed by atoms with E-state index in [1.165, 1.54) is 11.3 Å². The van der Waals surface area contributed by atoms with Crippen molar-refractivity contribution in [2.24, 2.45) is 11.3 Å². The Morgan fingerprint density at radius 3 is 2.52 bits per heavy atom. The van der Waals surface area contributed by atoms with Gasteiger partial charge in [-0.1, -0.05) is 44.6 Å². The molecule has 1 aromatic rings. The van der Waals surface area contributed by atoms with Crippen LogP contribution < -0.4 is 5.32 Å². The van der Waals surface area contributed by atoms with Crippen molar-refractivity contribution in [1.29, 1.82) is 0 Å². The zero-order chi connectivity index (χ0) is 24.4. The molecule has 1 amide bonds. The molecule has 33 heavy (non-hydrogen) atoms. The maximum absolute atomic E-state index is 13.2. The highest BCUT2D eigenvalue weighted by atomic mass is 33.1. The molecule has 1 saturated heterocycles. The smallest absolute Gasteiger partial charge is 0.222 e. The zero-order valence-corrected chi connectivity index (χ0v) is 22.0. The molecule has 178 valence electrons. The number of allylic oxidation sites excluding steroid dienone is 5. The van der Waals surface area contributed by atoms with E-state index in [0.717, 1.165) is 27.1 Å². The minimum absolute atomic E-state index is 0.0155. The summed E-state index contributed by atoms with van der Waals surface area (Å²) in [5.41, 5.74) is 0.794. The number of nitrogens with one attached hydrogen (secondary N) is 1. The van der Waals surface area contributed by atoms with Gasteiger partial charge in [0.1, 0.15) is 5.01 Å². The van der Waals surface area contributed by atoms with Crippen LogP contribution in [0.1, 0.15) is 70.6 Å². The SMILES string of the molecule is C/C1=C\C(C)C(=O)/C=C/C=C\c2csc(n2)C(C)NC(=O)CC2(CC1)S(=O)SC(=O)C2(C)C. The number of carbonyl (C=O) groups is 3. The second-order valence-electron chi connectivity index (χ2n) is 9.22. The summed E-state index contributed by atoms with van der Waals surface area (Å²) in [5.74, 6) is -0.573. The Balaban J connectivity index is 1.99. The van der Waals surface area contributed by atoms with Gasteiger partial charge in [0, 0.05) is 28.5 Å². The number of aromatic nitrogens is 1. The van der Waals surface area contributed by atoms with E-state index in [0.29, 0.717) is 12.8 Å². The fourth-order valence-corrected chi connectivity index (χ4v) is 9.20. The van der Waals surface area contributed by atoms with Crippen molar-refractivity contribution in [3.8, 4) is 0 Å². The lowest BCUT2D eigenvalue weighted by atomic mass is 9.73. The van der Waals surface area contributed by atoms with Gasteiger partial charge in [0.25, 0.3) is 0 Å². The fraction of sp³-hybridized carbons (Fsp3) is 0.500. The number of carbonyl (C=O) groups excluding carboxylic acids is 3. The quantitative estimate of drug-likeness (QED) is 0.396. The summed E-state index contributed by atoms with van der Waals surface area (Å²) >= 11 is 1.44. The maximum atomic E-state index is 13.2. The molecule has 1 fully saturated rings. The van der Waals surface area contributed by atoms with Gasteiger partial charge in [-0.2, -0.15) is 0 Å². The van der Waals surface area contributed by atoms with Gasteiger partial charge in [0.05, 0.1) is 31.7 Å². The van der Waals surface area contributed by atoms with Gasteiger partial charge in [0.15, 0.2) is 5.78 Å². The summed E-state index contributed by atoms with van der Waals surface area (Å²) in [7, 11) is -0.715. The first-order chi connectivity index (χ1) is 15.5. The topological polar surface area (TPSA) is 93.2 Å². The van der Waals surface area contributed by atoms with E-state index < -0.39 is 20.0 Å². The Bertz CT molecular complexity index is 1070. The molecule has 9 heteroatoms. The summed E-state index contributed by atoms with van der Waals surface area (Å²) in [4.78, 5) is 42.8. The Hall–Kier alpha value is -1.84. The van der Waals surface area contributed by atoms with Gasteiger partial charge in [-0.05, 0) is 38.8 Å². The first kappa shape index (κ1) is 25.8. The van der Waals surface area contributed by atoms with Crippen molar-refractivity contribution < 1.29 is 18.6 Å². The second kappa shape index (κ2) is 10.2. The predicted octanol–water partition coefficient (Wildman–Crippen LogP) is 4.93. The molecule has 0 radical (unpaired) electrons. The molecule has 4 atom stereocenters. The average Bonchev–Trinajstić information content (AvgIpc) is 3.27. The number of nitrogens with zero attached hydrogens (tertiary/aromatic N) is 1. The van der Waals surface area contributed by atoms with E-state index >= 15 is 0 Å². The first-order valence-corrected chi connectivity index (χ1v) is 14.3. The van der Waals surface area contributed by atoms with Gasteiger partial charge in [-0.25, -0.2) is 9.19 Å². The van der Waals surface area contributed by atoms with Gasteiger partial charge in [-0.3, -0.25) is 14.4 Å². The van der Waals surface area contributed by atoms with Crippen LogP contribution in [0.2, 0.25) is 0 Å². The zero-order valence-electron chi connectivity index (χ0n) is 19.5. The number of fused-ring (bicyclic) bond motifs is 2. The molecule has 0 aliphatic carbocycles. The van der Waals surface area contributed by atoms with Crippen molar-refractivity contribution in [1.82, 2.24) is 10.3 Å². The van der Waals surface area contributed by atoms with Crippen molar-refractivity contribution in [2.75, 3.05) is 0 Å². The molecule has 1 N–H and O–H groups in total. The number of ketones is 1. The number of thiazole rings is 1. The van der Waals surface area contributed by atoms with Crippen molar-refractivity contribution in [3.63, 3.8) is 0 Å². The van der Waals surface area contributed by atoms with E-state index in [4.69, 9.17) is 0 Å². The van der Waals surface area contributed by atoms with Gasteiger partial charge in [-0.15, -0.1) is 11.3 Å². The minimum Gasteiger partial charge on any atom is -0.347 e. The second-order valence-corrected chi connectivity index (χ2v) is 13.3. The molecule has 0 saturated carbocycles. The number of hydrogen-bond donors (Lipinski definition) is 1. The Morgan fingerprint density at radius 2 is 1.85 bits per heavy atom. The molecule has 2 aliphatic rings. The molecule has 3 rings (SSSR count). The number of amides is 1. The highest BCUT2D eigenvalue weighted by Crippen LogP contribution is 2.55. The minimum atomic E-state index is -1.55. The standard InChI is InChI=1S/C24H30N2O4S3/c1-15-10-11-24(23(4,5)22(29)32-33(24)30)13-20(28)25-17(3)21-26-18(14-31-21)8-6-7-9-19(27)16(2)12-15/h6-9,12,14,16-17H,10-11,13H2,1-5H3,(H,25,28)/b8-6-,9-7+,15-12+. The Kier molecular flexibility index (Phi) is 7.96. The molecule has 0 aromatic carbocycles. The molecule has 2 aliphatic heterocycles. The molecular weight excluding hydrogens is 476 g/mol. The van der Waals surface area contributed by atoms with Crippen molar-refractivity contribution in [3.05, 3.63) is 46.0 Å². The van der Waals surface area contributed by atoms with Crippen LogP contribution in [0.4, 0.5) is 0 Å². The number of rotatable bonds is 0. The predicted molar refractivity (Wildman–Crippen MR) is 136 cm³/mol. The Labute approximate surface area is 205 Å². The third kappa shape index (κ3) is 5.46. The normalized spacial score (nSPS) is 34.8. The van der Waals surface area contributed by atoms with Crippen LogP contribution >= 0.6 is 22.1 Å². The summed E-state index contributed by atoms with van der Waals surface area (Å²) in [6.07, 6.45) is 9.70. The van der Waals surface area contributed by atoms with Crippen LogP contribution in [0.25, 0.3) is 6.08 Å². The average molecular weight is 507 g/mol. The molecule has 1 spiro atoms. The van der Waals surface area contributed by atoms with Crippen LogP contribution in [0.15, 0.2) is 35.3 Å². The van der Waals surface area contributed by atoms with Crippen LogP contribution in [0, 0.1) is 11.3 Å². The van der Waals surface area contributed by atoms with Crippen LogP contribution in [-0.2, 0) is 24.2 Å². The summed E-state index contributed by atoms with van der Waals surface area (Å²) in [6.45, 7) is 9.20. The lowest BCUT2D eigenvalue weighted by molar-refractivity contribution is -0.125. The third-order valence-electron chi connectivity index (χ3n) is 6.40. The lowest BCUT2D eigenvalue weighted by Crippen LogP contribution is -2.49. The summed E-state index contributed by atoms with van der Waals surface area (Å²) < 4.78 is 12.2. The van der Waals surface area contributed by atoms with Gasteiger partial charge >= 0.3 is 0 Å². The third-order valence-corrected chi connectivity index (χ3v) is 11.6. The van der Waals surface area contributed by atoms with E-state index in [-0.39, 0.29) is 35.2 Å². The van der Waals surface area contributed by atoms with Crippen molar-refractivity contribution in [2.45, 2.75) is 64.7 Å². The van der Waals surface area contributed by atoms with Crippen LogP contribution in [-0.4, -0.2) is 30.7 Å². The molecular formula is C24H30N2O4S3. The molecule has 3 heterocycles. The molecule has 6 nitrogen and oxygen atoms in total. The van der Waals surface area contributed by atoms with E-state index in [1.54, 1.807) is 32.1 Å². The monoisotopic (exact) mass is 506 g/mol. The molecule has 1 aromatic heterocycles. The van der Waals surface area contributed by atoms with E-state index in [2.05, 4.69) is 10.3 Å². The van der Waals surface area contributed by atoms with Crippen LogP contribution in [0.5, 0.6) is 0 Å². The lowest BCUT2D eigenvalue weighted by Gasteiger charge is -2.37. The largest absolute Gasteiger partial charge is 0.347 e. The summed E-state index contributed by atoms with van der Waals surface area (Å²) in [5, 5.41) is 5.47. The van der Waals surface area contributed by atoms with E-state index in [9.17, 15) is 18.6 Å². The highest BCUT2D eigenvalue weighted by Gasteiger charge is 2.61. The van der Waals surface area contributed by atoms with Crippen LogP contribution in [0.3, 0.4) is 0 Å². The molecule has 4 unspecified atom stereocenters. The van der Waals surface area contributed by atoms with Gasteiger partial charge < -0.3 is 5.32 Å². The first-order valence-electron chi connectivity index (χ1n) is 10.9. The number of hydrogen-bond acceptors (Lipinski definition) is 7.